The first-order valence-electron chi connectivity index (χ1n) is 9.60. The standard InChI is InChI=1S/C19H19FN8O2/c20-11-6-23-18-16(17(21)25-28(18)8-11)19(30)24-13-7-22-4-3-14(13)26-9-12-2-1-5-27(12)15(29)10-26/h3-4,6-8,12H,1-2,5,9-10H2,(H2,21,25)(H,24,30). The molecule has 2 saturated heterocycles. The Kier molecular flexibility index (Phi) is 4.23. The summed E-state index contributed by atoms with van der Waals surface area (Å²) in [6.45, 7) is 1.74. The van der Waals surface area contributed by atoms with Crippen LogP contribution in [0.25, 0.3) is 5.65 Å². The fourth-order valence-corrected chi connectivity index (χ4v) is 4.20. The van der Waals surface area contributed by atoms with E-state index in [1.165, 1.54) is 6.20 Å². The molecular weight excluding hydrogens is 391 g/mol. The number of fused-ring (bicyclic) bond motifs is 2. The van der Waals surface area contributed by atoms with Crippen molar-refractivity contribution >= 4 is 34.7 Å². The Bertz CT molecular complexity index is 1160. The summed E-state index contributed by atoms with van der Waals surface area (Å²) in [6, 6.07) is 1.94. The maximum Gasteiger partial charge on any atom is 0.263 e. The summed E-state index contributed by atoms with van der Waals surface area (Å²) in [6.07, 6.45) is 7.20. The molecule has 154 valence electrons. The van der Waals surface area contributed by atoms with Crippen molar-refractivity contribution in [2.75, 3.05) is 35.6 Å². The van der Waals surface area contributed by atoms with Gasteiger partial charge in [-0.3, -0.25) is 14.6 Å². The van der Waals surface area contributed by atoms with Crippen LogP contribution >= 0.6 is 0 Å². The van der Waals surface area contributed by atoms with E-state index in [0.717, 1.165) is 36.3 Å². The molecule has 3 aromatic rings. The SMILES string of the molecule is Nc1nn2cc(F)cnc2c1C(=O)Nc1cnccc1N1CC(=O)N2CCCC2C1. The fraction of sp³-hybridized carbons (Fsp3) is 0.316. The molecule has 5 heterocycles. The molecule has 3 aromatic heterocycles. The molecule has 3 N–H and O–H groups in total. The lowest BCUT2D eigenvalue weighted by atomic mass is 10.1. The molecule has 2 aliphatic rings. The van der Waals surface area contributed by atoms with Gasteiger partial charge in [0.2, 0.25) is 5.91 Å². The molecule has 1 atom stereocenters. The monoisotopic (exact) mass is 410 g/mol. The van der Waals surface area contributed by atoms with E-state index < -0.39 is 11.7 Å². The van der Waals surface area contributed by atoms with E-state index in [1.54, 1.807) is 12.3 Å². The highest BCUT2D eigenvalue weighted by molar-refractivity contribution is 6.12. The van der Waals surface area contributed by atoms with Gasteiger partial charge in [-0.05, 0) is 18.9 Å². The van der Waals surface area contributed by atoms with E-state index in [0.29, 0.717) is 17.9 Å². The molecule has 2 amide bonds. The van der Waals surface area contributed by atoms with E-state index >= 15 is 0 Å². The van der Waals surface area contributed by atoms with Crippen molar-refractivity contribution in [3.8, 4) is 0 Å². The molecule has 2 aliphatic heterocycles. The van der Waals surface area contributed by atoms with Crippen molar-refractivity contribution in [1.29, 1.82) is 0 Å². The molecule has 30 heavy (non-hydrogen) atoms. The number of hydrogen-bond acceptors (Lipinski definition) is 7. The molecule has 11 heteroatoms. The Balaban J connectivity index is 1.45. The summed E-state index contributed by atoms with van der Waals surface area (Å²) in [7, 11) is 0. The highest BCUT2D eigenvalue weighted by Crippen LogP contribution is 2.31. The number of pyridine rings is 1. The Labute approximate surface area is 170 Å². The third-order valence-corrected chi connectivity index (χ3v) is 5.54. The number of nitrogen functional groups attached to an aromatic ring is 1. The average Bonchev–Trinajstić information content (AvgIpc) is 3.31. The minimum absolute atomic E-state index is 0.0430. The van der Waals surface area contributed by atoms with E-state index in [2.05, 4.69) is 20.4 Å². The van der Waals surface area contributed by atoms with Gasteiger partial charge in [-0.15, -0.1) is 5.10 Å². The Hall–Kier alpha value is -3.76. The van der Waals surface area contributed by atoms with Crippen molar-refractivity contribution in [2.45, 2.75) is 18.9 Å². The number of hydrogen-bond donors (Lipinski definition) is 2. The first-order chi connectivity index (χ1) is 14.5. The van der Waals surface area contributed by atoms with Gasteiger partial charge in [-0.1, -0.05) is 0 Å². The van der Waals surface area contributed by atoms with Crippen molar-refractivity contribution in [2.24, 2.45) is 0 Å². The zero-order valence-electron chi connectivity index (χ0n) is 16.0. The van der Waals surface area contributed by atoms with Gasteiger partial charge >= 0.3 is 0 Å². The van der Waals surface area contributed by atoms with E-state index in [-0.39, 0.29) is 35.5 Å². The summed E-state index contributed by atoms with van der Waals surface area (Å²) >= 11 is 0. The minimum Gasteiger partial charge on any atom is -0.381 e. The number of carbonyl (C=O) groups excluding carboxylic acids is 2. The Morgan fingerprint density at radius 2 is 2.20 bits per heavy atom. The first-order valence-corrected chi connectivity index (χ1v) is 9.60. The third-order valence-electron chi connectivity index (χ3n) is 5.54. The molecule has 0 aromatic carbocycles. The lowest BCUT2D eigenvalue weighted by Gasteiger charge is -2.38. The third kappa shape index (κ3) is 2.98. The van der Waals surface area contributed by atoms with Gasteiger partial charge in [0.15, 0.2) is 17.3 Å². The minimum atomic E-state index is -0.595. The summed E-state index contributed by atoms with van der Waals surface area (Å²) in [5, 5.41) is 6.75. The fourth-order valence-electron chi connectivity index (χ4n) is 4.20. The van der Waals surface area contributed by atoms with Crippen LogP contribution in [0, 0.1) is 5.82 Å². The quantitative estimate of drug-likeness (QED) is 0.658. The van der Waals surface area contributed by atoms with Crippen molar-refractivity contribution in [1.82, 2.24) is 24.5 Å². The van der Waals surface area contributed by atoms with Gasteiger partial charge < -0.3 is 20.9 Å². The highest BCUT2D eigenvalue weighted by Gasteiger charge is 2.36. The average molecular weight is 410 g/mol. The molecule has 1 unspecified atom stereocenters. The highest BCUT2D eigenvalue weighted by atomic mass is 19.1. The lowest BCUT2D eigenvalue weighted by Crippen LogP contribution is -2.53. The Morgan fingerprint density at radius 1 is 1.33 bits per heavy atom. The van der Waals surface area contributed by atoms with Crippen LogP contribution < -0.4 is 16.0 Å². The van der Waals surface area contributed by atoms with Gasteiger partial charge in [-0.2, -0.15) is 0 Å². The molecule has 10 nitrogen and oxygen atoms in total. The maximum absolute atomic E-state index is 13.4. The molecule has 0 aliphatic carbocycles. The number of nitrogens with two attached hydrogens (primary N) is 1. The number of rotatable bonds is 3. The number of piperazine rings is 1. The molecule has 0 bridgehead atoms. The van der Waals surface area contributed by atoms with Crippen LogP contribution in [0.2, 0.25) is 0 Å². The van der Waals surface area contributed by atoms with Crippen LogP contribution in [0.15, 0.2) is 30.9 Å². The lowest BCUT2D eigenvalue weighted by molar-refractivity contribution is -0.131. The van der Waals surface area contributed by atoms with E-state index in [4.69, 9.17) is 5.73 Å². The number of aromatic nitrogens is 4. The zero-order chi connectivity index (χ0) is 20.8. The summed E-state index contributed by atoms with van der Waals surface area (Å²) in [5.41, 5.74) is 7.22. The van der Waals surface area contributed by atoms with E-state index in [1.807, 2.05) is 9.80 Å². The largest absolute Gasteiger partial charge is 0.381 e. The summed E-state index contributed by atoms with van der Waals surface area (Å²) in [4.78, 5) is 37.4. The molecule has 0 radical (unpaired) electrons. The second kappa shape index (κ2) is 6.94. The predicted octanol–water partition coefficient (Wildman–Crippen LogP) is 0.909. The predicted molar refractivity (Wildman–Crippen MR) is 106 cm³/mol. The van der Waals surface area contributed by atoms with Crippen LogP contribution in [0.3, 0.4) is 0 Å². The normalized spacial score (nSPS) is 18.7. The number of carbonyl (C=O) groups is 2. The molecule has 0 spiro atoms. The van der Waals surface area contributed by atoms with Gasteiger partial charge in [0, 0.05) is 25.3 Å². The number of anilines is 3. The number of nitrogens with one attached hydrogen (secondary N) is 1. The van der Waals surface area contributed by atoms with Crippen LogP contribution in [0.1, 0.15) is 23.2 Å². The number of amides is 2. The molecule has 5 rings (SSSR count). The van der Waals surface area contributed by atoms with Crippen molar-refractivity contribution in [3.63, 3.8) is 0 Å². The van der Waals surface area contributed by atoms with Crippen molar-refractivity contribution in [3.05, 3.63) is 42.2 Å². The smallest absolute Gasteiger partial charge is 0.263 e. The maximum atomic E-state index is 13.4. The van der Waals surface area contributed by atoms with Gasteiger partial charge in [0.05, 0.1) is 36.5 Å². The van der Waals surface area contributed by atoms with Gasteiger partial charge in [0.1, 0.15) is 5.56 Å². The molecule has 2 fully saturated rings. The number of halogens is 1. The first kappa shape index (κ1) is 18.3. The second-order valence-electron chi connectivity index (χ2n) is 7.41. The summed E-state index contributed by atoms with van der Waals surface area (Å²) in [5.74, 6) is -1.12. The van der Waals surface area contributed by atoms with Crippen LogP contribution in [-0.2, 0) is 4.79 Å². The number of nitrogens with zero attached hydrogens (tertiary/aromatic N) is 6. The molecular formula is C19H19FN8O2. The van der Waals surface area contributed by atoms with Gasteiger partial charge in [-0.25, -0.2) is 13.9 Å². The second-order valence-corrected chi connectivity index (χ2v) is 7.41. The van der Waals surface area contributed by atoms with Crippen LogP contribution in [0.5, 0.6) is 0 Å². The molecule has 0 saturated carbocycles. The van der Waals surface area contributed by atoms with Gasteiger partial charge in [0.25, 0.3) is 5.91 Å². The van der Waals surface area contributed by atoms with Crippen LogP contribution in [0.4, 0.5) is 21.6 Å². The van der Waals surface area contributed by atoms with E-state index in [9.17, 15) is 14.0 Å². The summed E-state index contributed by atoms with van der Waals surface area (Å²) < 4.78 is 14.5. The zero-order valence-corrected chi connectivity index (χ0v) is 16.0. The van der Waals surface area contributed by atoms with Crippen molar-refractivity contribution < 1.29 is 14.0 Å². The van der Waals surface area contributed by atoms with Crippen LogP contribution in [-0.4, -0.2) is 62.0 Å². The Morgan fingerprint density at radius 3 is 3.07 bits per heavy atom. The topological polar surface area (TPSA) is 122 Å².